The molecule has 1 N–H and O–H groups in total. The van der Waals surface area contributed by atoms with E-state index in [1.54, 1.807) is 0 Å². The number of rotatable bonds is 4. The van der Waals surface area contributed by atoms with Crippen LogP contribution in [-0.4, -0.2) is 11.7 Å². The predicted molar refractivity (Wildman–Crippen MR) is 60.7 cm³/mol. The van der Waals surface area contributed by atoms with Gasteiger partial charge in [-0.2, -0.15) is 0 Å². The van der Waals surface area contributed by atoms with Gasteiger partial charge in [0.2, 0.25) is 0 Å². The summed E-state index contributed by atoms with van der Waals surface area (Å²) in [6.07, 6.45) is 0.779. The van der Waals surface area contributed by atoms with Crippen LogP contribution in [-0.2, 0) is 0 Å². The molecule has 2 heteroatoms. The molecule has 78 valence electrons. The summed E-state index contributed by atoms with van der Waals surface area (Å²) in [7, 11) is 0. The average molecular weight is 213 g/mol. The maximum Gasteiger partial charge on any atom is 0.0440 e. The van der Waals surface area contributed by atoms with E-state index in [1.165, 1.54) is 0 Å². The van der Waals surface area contributed by atoms with Crippen LogP contribution in [0.25, 0.3) is 0 Å². The molecule has 1 aromatic carbocycles. The second-order valence-corrected chi connectivity index (χ2v) is 4.29. The van der Waals surface area contributed by atoms with E-state index >= 15 is 0 Å². The van der Waals surface area contributed by atoms with E-state index in [1.807, 2.05) is 24.3 Å². The van der Waals surface area contributed by atoms with E-state index in [4.69, 9.17) is 16.7 Å². The molecule has 0 spiro atoms. The summed E-state index contributed by atoms with van der Waals surface area (Å²) >= 11 is 6.12. The van der Waals surface area contributed by atoms with E-state index in [2.05, 4.69) is 13.8 Å². The Bertz CT molecular complexity index is 283. The first-order valence-corrected chi connectivity index (χ1v) is 5.40. The molecule has 0 radical (unpaired) electrons. The fraction of sp³-hybridized carbons (Fsp3) is 0.500. The Labute approximate surface area is 90.7 Å². The Morgan fingerprint density at radius 2 is 1.93 bits per heavy atom. The Morgan fingerprint density at radius 3 is 2.43 bits per heavy atom. The third-order valence-electron chi connectivity index (χ3n) is 2.55. The van der Waals surface area contributed by atoms with Crippen molar-refractivity contribution in [2.24, 2.45) is 5.92 Å². The van der Waals surface area contributed by atoms with E-state index in [0.29, 0.717) is 11.8 Å². The summed E-state index contributed by atoms with van der Waals surface area (Å²) in [5.41, 5.74) is 1.15. The molecule has 0 saturated carbocycles. The van der Waals surface area contributed by atoms with Gasteiger partial charge in [-0.05, 0) is 29.9 Å². The number of hydrogen-bond acceptors (Lipinski definition) is 1. The van der Waals surface area contributed by atoms with Crippen molar-refractivity contribution in [3.63, 3.8) is 0 Å². The zero-order valence-electron chi connectivity index (χ0n) is 8.70. The molecule has 14 heavy (non-hydrogen) atoms. The van der Waals surface area contributed by atoms with Crippen molar-refractivity contribution >= 4 is 11.6 Å². The van der Waals surface area contributed by atoms with Gasteiger partial charge in [0.05, 0.1) is 0 Å². The number of hydrogen-bond donors (Lipinski definition) is 1. The number of aliphatic hydroxyl groups is 1. The van der Waals surface area contributed by atoms with Crippen LogP contribution in [0.3, 0.4) is 0 Å². The first kappa shape index (κ1) is 11.5. The van der Waals surface area contributed by atoms with Crippen molar-refractivity contribution in [3.8, 4) is 0 Å². The number of benzene rings is 1. The van der Waals surface area contributed by atoms with Crippen molar-refractivity contribution in [2.75, 3.05) is 6.61 Å². The lowest BCUT2D eigenvalue weighted by Crippen LogP contribution is -2.09. The molecule has 0 saturated heterocycles. The van der Waals surface area contributed by atoms with Crippen LogP contribution in [0, 0.1) is 5.92 Å². The van der Waals surface area contributed by atoms with E-state index < -0.39 is 0 Å². The third kappa shape index (κ3) is 2.73. The summed E-state index contributed by atoms with van der Waals surface area (Å²) < 4.78 is 0. The molecular weight excluding hydrogens is 196 g/mol. The van der Waals surface area contributed by atoms with Crippen LogP contribution in [0.4, 0.5) is 0 Å². The predicted octanol–water partition coefficient (Wildman–Crippen LogP) is 3.46. The lowest BCUT2D eigenvalue weighted by Gasteiger charge is -2.21. The van der Waals surface area contributed by atoms with Gasteiger partial charge in [-0.15, -0.1) is 0 Å². The van der Waals surface area contributed by atoms with Gasteiger partial charge in [0.15, 0.2) is 0 Å². The van der Waals surface area contributed by atoms with Crippen molar-refractivity contribution in [1.82, 2.24) is 0 Å². The topological polar surface area (TPSA) is 20.2 Å². The molecule has 0 aliphatic carbocycles. The van der Waals surface area contributed by atoms with Gasteiger partial charge in [-0.1, -0.05) is 43.6 Å². The molecule has 0 aromatic heterocycles. The van der Waals surface area contributed by atoms with Crippen molar-refractivity contribution in [3.05, 3.63) is 34.9 Å². The number of halogens is 1. The van der Waals surface area contributed by atoms with Crippen molar-refractivity contribution < 1.29 is 5.11 Å². The standard InChI is InChI=1S/C12H17ClO/c1-9(2)10(7-8-14)11-5-3-4-6-12(11)13/h3-6,9-10,14H,7-8H2,1-2H3. The minimum absolute atomic E-state index is 0.216. The summed E-state index contributed by atoms with van der Waals surface area (Å²) in [5, 5.41) is 9.80. The second kappa shape index (κ2) is 5.38. The molecular formula is C12H17ClO. The van der Waals surface area contributed by atoms with Crippen molar-refractivity contribution in [1.29, 1.82) is 0 Å². The monoisotopic (exact) mass is 212 g/mol. The van der Waals surface area contributed by atoms with Crippen LogP contribution >= 0.6 is 11.6 Å². The van der Waals surface area contributed by atoms with Gasteiger partial charge >= 0.3 is 0 Å². The molecule has 0 heterocycles. The lowest BCUT2D eigenvalue weighted by atomic mass is 9.86. The highest BCUT2D eigenvalue weighted by Crippen LogP contribution is 2.32. The Balaban J connectivity index is 2.93. The minimum Gasteiger partial charge on any atom is -0.396 e. The van der Waals surface area contributed by atoms with Gasteiger partial charge in [0.1, 0.15) is 0 Å². The summed E-state index contributed by atoms with van der Waals surface area (Å²) in [5.74, 6) is 0.857. The molecule has 0 amide bonds. The zero-order valence-corrected chi connectivity index (χ0v) is 9.46. The summed E-state index contributed by atoms with van der Waals surface area (Å²) in [6.45, 7) is 4.53. The van der Waals surface area contributed by atoms with E-state index in [-0.39, 0.29) is 6.61 Å². The van der Waals surface area contributed by atoms with Gasteiger partial charge in [-0.3, -0.25) is 0 Å². The molecule has 1 nitrogen and oxygen atoms in total. The second-order valence-electron chi connectivity index (χ2n) is 3.88. The van der Waals surface area contributed by atoms with Crippen LogP contribution in [0.5, 0.6) is 0 Å². The van der Waals surface area contributed by atoms with E-state index in [0.717, 1.165) is 17.0 Å². The van der Waals surface area contributed by atoms with Crippen LogP contribution in [0.2, 0.25) is 5.02 Å². The Kier molecular flexibility index (Phi) is 4.43. The minimum atomic E-state index is 0.216. The first-order chi connectivity index (χ1) is 6.66. The molecule has 0 aliphatic rings. The molecule has 1 aromatic rings. The van der Waals surface area contributed by atoms with E-state index in [9.17, 15) is 0 Å². The highest BCUT2D eigenvalue weighted by molar-refractivity contribution is 6.31. The average Bonchev–Trinajstić information content (AvgIpc) is 2.15. The Morgan fingerprint density at radius 1 is 1.29 bits per heavy atom. The molecule has 1 unspecified atom stereocenters. The van der Waals surface area contributed by atoms with Gasteiger partial charge in [0, 0.05) is 11.6 Å². The maximum absolute atomic E-state index is 8.99. The first-order valence-electron chi connectivity index (χ1n) is 5.02. The highest BCUT2D eigenvalue weighted by atomic mass is 35.5. The summed E-state index contributed by atoms with van der Waals surface area (Å²) in [4.78, 5) is 0. The molecule has 0 bridgehead atoms. The SMILES string of the molecule is CC(C)C(CCO)c1ccccc1Cl. The van der Waals surface area contributed by atoms with Gasteiger partial charge in [-0.25, -0.2) is 0 Å². The molecule has 0 fully saturated rings. The number of aliphatic hydroxyl groups excluding tert-OH is 1. The molecule has 1 atom stereocenters. The van der Waals surface area contributed by atoms with Gasteiger partial charge < -0.3 is 5.11 Å². The van der Waals surface area contributed by atoms with Crippen LogP contribution in [0.1, 0.15) is 31.7 Å². The molecule has 1 rings (SSSR count). The maximum atomic E-state index is 8.99. The lowest BCUT2D eigenvalue weighted by molar-refractivity contribution is 0.261. The normalized spacial score (nSPS) is 13.2. The third-order valence-corrected chi connectivity index (χ3v) is 2.89. The Hall–Kier alpha value is -0.530. The highest BCUT2D eigenvalue weighted by Gasteiger charge is 2.17. The zero-order chi connectivity index (χ0) is 10.6. The fourth-order valence-corrected chi connectivity index (χ4v) is 2.04. The van der Waals surface area contributed by atoms with Gasteiger partial charge in [0.25, 0.3) is 0 Å². The summed E-state index contributed by atoms with van der Waals surface area (Å²) in [6, 6.07) is 7.88. The quantitative estimate of drug-likeness (QED) is 0.811. The molecule has 0 aliphatic heterocycles. The largest absolute Gasteiger partial charge is 0.396 e. The smallest absolute Gasteiger partial charge is 0.0440 e. The van der Waals surface area contributed by atoms with Crippen molar-refractivity contribution in [2.45, 2.75) is 26.2 Å². The van der Waals surface area contributed by atoms with Crippen LogP contribution < -0.4 is 0 Å². The van der Waals surface area contributed by atoms with Crippen LogP contribution in [0.15, 0.2) is 24.3 Å². The fourth-order valence-electron chi connectivity index (χ4n) is 1.76.